The molecule has 2 heterocycles. The largest absolute Gasteiger partial charge is 0.481 e. The van der Waals surface area contributed by atoms with Crippen LogP contribution in [0.3, 0.4) is 0 Å². The van der Waals surface area contributed by atoms with Crippen molar-refractivity contribution >= 4 is 5.91 Å². The van der Waals surface area contributed by atoms with Crippen molar-refractivity contribution in [2.45, 2.75) is 38.5 Å². The lowest BCUT2D eigenvalue weighted by atomic mass is 9.87. The molecule has 0 bridgehead atoms. The molecule has 1 saturated heterocycles. The number of hydrogen-bond donors (Lipinski definition) is 1. The van der Waals surface area contributed by atoms with E-state index in [2.05, 4.69) is 34.6 Å². The average Bonchev–Trinajstić information content (AvgIpc) is 2.93. The molecule has 194 valence electrons. The summed E-state index contributed by atoms with van der Waals surface area (Å²) < 4.78 is 26.2. The molecule has 1 N–H and O–H groups in total. The van der Waals surface area contributed by atoms with Crippen LogP contribution in [0.15, 0.2) is 72.8 Å². The number of hydrazine groups is 1. The third-order valence-electron chi connectivity index (χ3n) is 7.11. The number of hydrogen-bond acceptors (Lipinski definition) is 5. The average molecular weight is 504 g/mol. The fraction of sp³-hybridized carbons (Fsp3) is 0.367. The molecule has 0 aromatic heterocycles. The third-order valence-corrected chi connectivity index (χ3v) is 7.11. The van der Waals surface area contributed by atoms with Crippen molar-refractivity contribution in [2.75, 3.05) is 32.8 Å². The zero-order chi connectivity index (χ0) is 25.6. The molecule has 6 nitrogen and oxygen atoms in total. The highest BCUT2D eigenvalue weighted by molar-refractivity contribution is 5.80. The van der Waals surface area contributed by atoms with E-state index in [1.807, 2.05) is 48.3 Å². The smallest absolute Gasteiger partial charge is 0.275 e. The molecule has 37 heavy (non-hydrogen) atoms. The number of morpholine rings is 1. The predicted octanol–water partition coefficient (Wildman–Crippen LogP) is 4.49. The van der Waals surface area contributed by atoms with E-state index in [4.69, 9.17) is 9.47 Å². The molecule has 0 saturated carbocycles. The van der Waals surface area contributed by atoms with Gasteiger partial charge in [0.15, 0.2) is 6.10 Å². The van der Waals surface area contributed by atoms with Crippen LogP contribution in [0.2, 0.25) is 0 Å². The molecule has 2 aliphatic rings. The highest BCUT2D eigenvalue weighted by atomic mass is 19.1. The van der Waals surface area contributed by atoms with Crippen molar-refractivity contribution in [3.8, 4) is 5.75 Å². The maximum absolute atomic E-state index is 14.6. The first-order chi connectivity index (χ1) is 18.1. The van der Waals surface area contributed by atoms with Crippen molar-refractivity contribution in [1.29, 1.82) is 0 Å². The Kier molecular flexibility index (Phi) is 8.14. The summed E-state index contributed by atoms with van der Waals surface area (Å²) in [5.74, 6) is 0.327. The summed E-state index contributed by atoms with van der Waals surface area (Å²) in [4.78, 5) is 15.3. The van der Waals surface area contributed by atoms with Crippen molar-refractivity contribution in [2.24, 2.45) is 0 Å². The maximum atomic E-state index is 14.6. The molecular weight excluding hydrogens is 469 g/mol. The molecule has 0 aliphatic carbocycles. The fourth-order valence-electron chi connectivity index (χ4n) is 5.15. The van der Waals surface area contributed by atoms with Gasteiger partial charge in [-0.1, -0.05) is 61.5 Å². The van der Waals surface area contributed by atoms with Crippen molar-refractivity contribution in [1.82, 2.24) is 15.3 Å². The summed E-state index contributed by atoms with van der Waals surface area (Å²) >= 11 is 0. The van der Waals surface area contributed by atoms with Gasteiger partial charge < -0.3 is 9.47 Å². The zero-order valence-electron chi connectivity index (χ0n) is 21.2. The van der Waals surface area contributed by atoms with E-state index in [1.54, 1.807) is 6.07 Å². The lowest BCUT2D eigenvalue weighted by Gasteiger charge is -2.38. The van der Waals surface area contributed by atoms with E-state index in [-0.39, 0.29) is 17.8 Å². The maximum Gasteiger partial charge on any atom is 0.275 e. The fourth-order valence-corrected chi connectivity index (χ4v) is 5.15. The highest BCUT2D eigenvalue weighted by Crippen LogP contribution is 2.38. The first-order valence-corrected chi connectivity index (χ1v) is 13.1. The first-order valence-electron chi connectivity index (χ1n) is 13.1. The number of benzene rings is 3. The second kappa shape index (κ2) is 11.9. The van der Waals surface area contributed by atoms with Gasteiger partial charge in [0.2, 0.25) is 0 Å². The van der Waals surface area contributed by atoms with Gasteiger partial charge in [0.25, 0.3) is 5.91 Å². The Morgan fingerprint density at radius 3 is 2.57 bits per heavy atom. The highest BCUT2D eigenvalue weighted by Gasteiger charge is 2.30. The Balaban J connectivity index is 1.40. The van der Waals surface area contributed by atoms with Crippen molar-refractivity contribution in [3.63, 3.8) is 0 Å². The number of nitrogens with zero attached hydrogens (tertiary/aromatic N) is 2. The summed E-state index contributed by atoms with van der Waals surface area (Å²) in [6.45, 7) is 5.82. The minimum absolute atomic E-state index is 0.0460. The van der Waals surface area contributed by atoms with Gasteiger partial charge in [-0.2, -0.15) is 0 Å². The minimum atomic E-state index is -0.603. The molecule has 1 amide bonds. The zero-order valence-corrected chi connectivity index (χ0v) is 21.2. The number of ether oxygens (including phenoxy) is 2. The van der Waals surface area contributed by atoms with Crippen molar-refractivity contribution in [3.05, 3.63) is 101 Å². The van der Waals surface area contributed by atoms with Crippen LogP contribution in [0.5, 0.6) is 5.75 Å². The lowest BCUT2D eigenvalue weighted by molar-refractivity contribution is -0.135. The number of fused-ring (bicyclic) bond motifs is 1. The standard InChI is InChI=1S/C30H34FN3O3/c1-2-28(30(35)32-34-16-18-36-19-17-34)37-25-13-12-22-14-15-33(21-24-10-6-7-11-27(24)31)29(26(22)20-25)23-8-4-3-5-9-23/h3-13,20,28-29H,2,14-19,21H2,1H3,(H,32,35). The normalized spacial score (nSPS) is 19.1. The number of halogens is 1. The summed E-state index contributed by atoms with van der Waals surface area (Å²) in [6, 6.07) is 23.4. The Bertz CT molecular complexity index is 1200. The molecule has 1 fully saturated rings. The van der Waals surface area contributed by atoms with Gasteiger partial charge in [-0.15, -0.1) is 0 Å². The van der Waals surface area contributed by atoms with Gasteiger partial charge in [-0.3, -0.25) is 15.1 Å². The van der Waals surface area contributed by atoms with Crippen LogP contribution in [-0.4, -0.2) is 54.8 Å². The minimum Gasteiger partial charge on any atom is -0.481 e. The van der Waals surface area contributed by atoms with Gasteiger partial charge in [0.05, 0.1) is 19.3 Å². The van der Waals surface area contributed by atoms with E-state index < -0.39 is 6.10 Å². The number of carbonyl (C=O) groups is 1. The summed E-state index contributed by atoms with van der Waals surface area (Å²) in [5.41, 5.74) is 7.19. The predicted molar refractivity (Wildman–Crippen MR) is 140 cm³/mol. The molecule has 7 heteroatoms. The monoisotopic (exact) mass is 503 g/mol. The number of rotatable bonds is 8. The Morgan fingerprint density at radius 1 is 1.05 bits per heavy atom. The Morgan fingerprint density at radius 2 is 1.81 bits per heavy atom. The Hall–Kier alpha value is -3.26. The second-order valence-electron chi connectivity index (χ2n) is 9.58. The lowest BCUT2D eigenvalue weighted by Crippen LogP contribution is -2.52. The topological polar surface area (TPSA) is 54.0 Å². The number of carbonyl (C=O) groups excluding carboxylic acids is 1. The molecule has 3 aromatic rings. The summed E-state index contributed by atoms with van der Waals surface area (Å²) in [7, 11) is 0. The van der Waals surface area contributed by atoms with E-state index in [0.717, 1.165) is 24.1 Å². The second-order valence-corrected chi connectivity index (χ2v) is 9.58. The molecule has 0 radical (unpaired) electrons. The van der Waals surface area contributed by atoms with Crippen LogP contribution in [0, 0.1) is 5.82 Å². The first kappa shape index (κ1) is 25.4. The molecule has 2 unspecified atom stereocenters. The van der Waals surface area contributed by atoms with E-state index >= 15 is 0 Å². The van der Waals surface area contributed by atoms with Gasteiger partial charge in [0, 0.05) is 31.7 Å². The molecule has 2 aliphatic heterocycles. The number of nitrogens with one attached hydrogen (secondary N) is 1. The van der Waals surface area contributed by atoms with Crippen LogP contribution in [0.1, 0.15) is 41.6 Å². The van der Waals surface area contributed by atoms with Crippen LogP contribution >= 0.6 is 0 Å². The summed E-state index contributed by atoms with van der Waals surface area (Å²) in [5, 5.41) is 1.89. The number of amides is 1. The molecular formula is C30H34FN3O3. The van der Waals surface area contributed by atoms with E-state index in [9.17, 15) is 9.18 Å². The third kappa shape index (κ3) is 6.01. The van der Waals surface area contributed by atoms with Crippen LogP contribution in [0.4, 0.5) is 4.39 Å². The van der Waals surface area contributed by atoms with Crippen molar-refractivity contribution < 1.29 is 18.7 Å². The SMILES string of the molecule is CCC(Oc1ccc2c(c1)C(c1ccccc1)N(Cc1ccccc1F)CC2)C(=O)NN1CCOCC1. The molecule has 0 spiro atoms. The van der Waals surface area contributed by atoms with Gasteiger partial charge >= 0.3 is 0 Å². The molecule has 2 atom stereocenters. The summed E-state index contributed by atoms with van der Waals surface area (Å²) in [6.07, 6.45) is 0.811. The Labute approximate surface area is 218 Å². The van der Waals surface area contributed by atoms with Crippen LogP contribution in [-0.2, 0) is 22.5 Å². The van der Waals surface area contributed by atoms with Gasteiger partial charge in [0.1, 0.15) is 11.6 Å². The molecule has 3 aromatic carbocycles. The van der Waals surface area contributed by atoms with E-state index in [1.165, 1.54) is 11.6 Å². The van der Waals surface area contributed by atoms with E-state index in [0.29, 0.717) is 50.6 Å². The van der Waals surface area contributed by atoms with Gasteiger partial charge in [-0.05, 0) is 47.7 Å². The molecule has 5 rings (SSSR count). The van der Waals surface area contributed by atoms with Gasteiger partial charge in [-0.25, -0.2) is 9.40 Å². The van der Waals surface area contributed by atoms with Crippen LogP contribution < -0.4 is 10.2 Å². The van der Waals surface area contributed by atoms with Crippen LogP contribution in [0.25, 0.3) is 0 Å². The quantitative estimate of drug-likeness (QED) is 0.491.